The molecular formula is C22H19ClN4O2. The molecule has 0 saturated carbocycles. The SMILES string of the molecule is O=C(CCNC(=O)c1ccccc1Cl)Nc1ccc(N=Nc2ccccc2)cc1. The van der Waals surface area contributed by atoms with Crippen molar-refractivity contribution < 1.29 is 9.59 Å². The van der Waals surface area contributed by atoms with Gasteiger partial charge in [-0.15, -0.1) is 0 Å². The van der Waals surface area contributed by atoms with Gasteiger partial charge in [0, 0.05) is 18.7 Å². The number of carbonyl (C=O) groups is 2. The zero-order chi connectivity index (χ0) is 20.5. The molecule has 146 valence electrons. The zero-order valence-corrected chi connectivity index (χ0v) is 16.3. The van der Waals surface area contributed by atoms with Crippen LogP contribution < -0.4 is 10.6 Å². The van der Waals surface area contributed by atoms with Crippen LogP contribution in [0.15, 0.2) is 89.1 Å². The Morgan fingerprint density at radius 2 is 1.41 bits per heavy atom. The van der Waals surface area contributed by atoms with Gasteiger partial charge in [-0.25, -0.2) is 0 Å². The molecule has 0 atom stereocenters. The first kappa shape index (κ1) is 20.2. The van der Waals surface area contributed by atoms with Gasteiger partial charge in [-0.2, -0.15) is 10.2 Å². The monoisotopic (exact) mass is 406 g/mol. The molecule has 0 spiro atoms. The Morgan fingerprint density at radius 3 is 2.10 bits per heavy atom. The van der Waals surface area contributed by atoms with Gasteiger partial charge in [0.15, 0.2) is 0 Å². The number of carbonyl (C=O) groups excluding carboxylic acids is 2. The summed E-state index contributed by atoms with van der Waals surface area (Å²) >= 11 is 5.98. The van der Waals surface area contributed by atoms with Crippen LogP contribution in [-0.4, -0.2) is 18.4 Å². The number of nitrogens with one attached hydrogen (secondary N) is 2. The van der Waals surface area contributed by atoms with Gasteiger partial charge in [-0.05, 0) is 48.5 Å². The Morgan fingerprint density at radius 1 is 0.793 bits per heavy atom. The minimum absolute atomic E-state index is 0.145. The summed E-state index contributed by atoms with van der Waals surface area (Å²) in [6.07, 6.45) is 0.145. The van der Waals surface area contributed by atoms with Crippen molar-refractivity contribution in [2.75, 3.05) is 11.9 Å². The molecule has 2 N–H and O–H groups in total. The van der Waals surface area contributed by atoms with Gasteiger partial charge >= 0.3 is 0 Å². The highest BCUT2D eigenvalue weighted by atomic mass is 35.5. The van der Waals surface area contributed by atoms with Crippen LogP contribution in [0.1, 0.15) is 16.8 Å². The molecule has 0 aliphatic carbocycles. The average Bonchev–Trinajstić information content (AvgIpc) is 2.74. The number of azo groups is 1. The first-order valence-corrected chi connectivity index (χ1v) is 9.39. The Bertz CT molecular complexity index is 1000. The zero-order valence-electron chi connectivity index (χ0n) is 15.5. The minimum atomic E-state index is -0.309. The number of rotatable bonds is 7. The predicted octanol–water partition coefficient (Wildman–Crippen LogP) is 5.51. The second-order valence-electron chi connectivity index (χ2n) is 6.12. The summed E-state index contributed by atoms with van der Waals surface area (Å²) in [5.41, 5.74) is 2.48. The third-order valence-electron chi connectivity index (χ3n) is 3.94. The van der Waals surface area contributed by atoms with E-state index in [1.165, 1.54) is 0 Å². The number of amides is 2. The Kier molecular flexibility index (Phi) is 7.08. The van der Waals surface area contributed by atoms with Gasteiger partial charge in [0.05, 0.1) is 22.0 Å². The van der Waals surface area contributed by atoms with Crippen molar-refractivity contribution >= 4 is 40.5 Å². The van der Waals surface area contributed by atoms with Crippen LogP contribution in [-0.2, 0) is 4.79 Å². The average molecular weight is 407 g/mol. The molecule has 0 fully saturated rings. The van der Waals surface area contributed by atoms with E-state index >= 15 is 0 Å². The lowest BCUT2D eigenvalue weighted by molar-refractivity contribution is -0.116. The molecule has 6 nitrogen and oxygen atoms in total. The smallest absolute Gasteiger partial charge is 0.252 e. The lowest BCUT2D eigenvalue weighted by atomic mass is 10.2. The molecule has 0 aromatic heterocycles. The Balaban J connectivity index is 1.45. The fourth-order valence-electron chi connectivity index (χ4n) is 2.48. The normalized spacial score (nSPS) is 10.7. The summed E-state index contributed by atoms with van der Waals surface area (Å²) in [6, 6.07) is 23.2. The van der Waals surface area contributed by atoms with Crippen LogP contribution in [0.4, 0.5) is 17.1 Å². The van der Waals surface area contributed by atoms with Crippen LogP contribution in [0, 0.1) is 0 Å². The summed E-state index contributed by atoms with van der Waals surface area (Å²) in [7, 11) is 0. The van der Waals surface area contributed by atoms with Crippen molar-refractivity contribution in [3.63, 3.8) is 0 Å². The highest BCUT2D eigenvalue weighted by molar-refractivity contribution is 6.33. The van der Waals surface area contributed by atoms with E-state index in [0.29, 0.717) is 22.0 Å². The molecular weight excluding hydrogens is 388 g/mol. The molecule has 29 heavy (non-hydrogen) atoms. The van der Waals surface area contributed by atoms with Crippen LogP contribution >= 0.6 is 11.6 Å². The number of nitrogens with zero attached hydrogens (tertiary/aromatic N) is 2. The fourth-order valence-corrected chi connectivity index (χ4v) is 2.70. The molecule has 3 rings (SSSR count). The van der Waals surface area contributed by atoms with Crippen molar-refractivity contribution in [1.29, 1.82) is 0 Å². The molecule has 0 bridgehead atoms. The van der Waals surface area contributed by atoms with Crippen molar-refractivity contribution in [3.05, 3.63) is 89.4 Å². The topological polar surface area (TPSA) is 82.9 Å². The fraction of sp³-hybridized carbons (Fsp3) is 0.0909. The standard InChI is InChI=1S/C22H19ClN4O2/c23-20-9-5-4-8-19(20)22(29)24-15-14-21(28)25-16-10-12-18(13-11-16)27-26-17-6-2-1-3-7-17/h1-13H,14-15H2,(H,24,29)(H,25,28). The summed E-state index contributed by atoms with van der Waals surface area (Å²) in [6.45, 7) is 0.208. The maximum absolute atomic E-state index is 12.1. The Labute approximate surface area is 173 Å². The Hall–Kier alpha value is -3.51. The maximum Gasteiger partial charge on any atom is 0.252 e. The van der Waals surface area contributed by atoms with E-state index in [1.54, 1.807) is 48.5 Å². The van der Waals surface area contributed by atoms with E-state index in [2.05, 4.69) is 20.9 Å². The molecule has 0 radical (unpaired) electrons. The second kappa shape index (κ2) is 10.1. The van der Waals surface area contributed by atoms with Crippen LogP contribution in [0.2, 0.25) is 5.02 Å². The summed E-state index contributed by atoms with van der Waals surface area (Å²) in [5.74, 6) is -0.514. The first-order chi connectivity index (χ1) is 14.1. The van der Waals surface area contributed by atoms with Crippen LogP contribution in [0.5, 0.6) is 0 Å². The molecule has 0 unspecified atom stereocenters. The lowest BCUT2D eigenvalue weighted by Crippen LogP contribution is -2.27. The van der Waals surface area contributed by atoms with E-state index in [4.69, 9.17) is 11.6 Å². The van der Waals surface area contributed by atoms with Crippen molar-refractivity contribution in [2.45, 2.75) is 6.42 Å². The maximum atomic E-state index is 12.1. The molecule has 0 aliphatic rings. The first-order valence-electron chi connectivity index (χ1n) is 9.01. The molecule has 7 heteroatoms. The van der Waals surface area contributed by atoms with E-state index in [-0.39, 0.29) is 24.8 Å². The third kappa shape index (κ3) is 6.26. The molecule has 3 aromatic rings. The van der Waals surface area contributed by atoms with Gasteiger partial charge in [0.25, 0.3) is 5.91 Å². The highest BCUT2D eigenvalue weighted by Crippen LogP contribution is 2.20. The quantitative estimate of drug-likeness (QED) is 0.507. The summed E-state index contributed by atoms with van der Waals surface area (Å²) in [4.78, 5) is 24.1. The van der Waals surface area contributed by atoms with E-state index in [0.717, 1.165) is 5.69 Å². The van der Waals surface area contributed by atoms with Crippen molar-refractivity contribution in [2.24, 2.45) is 10.2 Å². The predicted molar refractivity (Wildman–Crippen MR) is 114 cm³/mol. The number of anilines is 1. The minimum Gasteiger partial charge on any atom is -0.351 e. The van der Waals surface area contributed by atoms with Gasteiger partial charge in [0.1, 0.15) is 0 Å². The van der Waals surface area contributed by atoms with E-state index in [1.807, 2.05) is 30.3 Å². The molecule has 3 aromatic carbocycles. The summed E-state index contributed by atoms with van der Waals surface area (Å²) in [5, 5.41) is 14.1. The third-order valence-corrected chi connectivity index (χ3v) is 4.27. The summed E-state index contributed by atoms with van der Waals surface area (Å²) < 4.78 is 0. The number of benzene rings is 3. The molecule has 0 saturated heterocycles. The van der Waals surface area contributed by atoms with Gasteiger partial charge in [-0.1, -0.05) is 41.9 Å². The highest BCUT2D eigenvalue weighted by Gasteiger charge is 2.10. The number of halogens is 1. The molecule has 2 amide bonds. The number of hydrogen-bond acceptors (Lipinski definition) is 4. The largest absolute Gasteiger partial charge is 0.351 e. The molecule has 0 heterocycles. The van der Waals surface area contributed by atoms with E-state index < -0.39 is 0 Å². The molecule has 0 aliphatic heterocycles. The van der Waals surface area contributed by atoms with Crippen molar-refractivity contribution in [1.82, 2.24) is 5.32 Å². The van der Waals surface area contributed by atoms with Gasteiger partial charge in [0.2, 0.25) is 5.91 Å². The van der Waals surface area contributed by atoms with E-state index in [9.17, 15) is 9.59 Å². The van der Waals surface area contributed by atoms with Crippen LogP contribution in [0.3, 0.4) is 0 Å². The number of hydrogen-bond donors (Lipinski definition) is 2. The van der Waals surface area contributed by atoms with Crippen molar-refractivity contribution in [3.8, 4) is 0 Å². The van der Waals surface area contributed by atoms with Gasteiger partial charge < -0.3 is 10.6 Å². The second-order valence-corrected chi connectivity index (χ2v) is 6.52. The van der Waals surface area contributed by atoms with Gasteiger partial charge in [-0.3, -0.25) is 9.59 Å². The lowest BCUT2D eigenvalue weighted by Gasteiger charge is -2.08. The van der Waals surface area contributed by atoms with Crippen LogP contribution in [0.25, 0.3) is 0 Å².